The highest BCUT2D eigenvalue weighted by Gasteiger charge is 2.14. The molecule has 4 nitrogen and oxygen atoms in total. The highest BCUT2D eigenvalue weighted by atomic mass is 35.5. The zero-order valence-corrected chi connectivity index (χ0v) is 10.4. The first-order valence-corrected chi connectivity index (χ1v) is 5.70. The molecule has 0 saturated carbocycles. The van der Waals surface area contributed by atoms with Crippen LogP contribution in [0.3, 0.4) is 0 Å². The van der Waals surface area contributed by atoms with Gasteiger partial charge < -0.3 is 16.2 Å². The topological polar surface area (TPSA) is 75.3 Å². The number of phenols is 1. The summed E-state index contributed by atoms with van der Waals surface area (Å²) < 4.78 is 12.8. The van der Waals surface area contributed by atoms with E-state index in [9.17, 15) is 14.3 Å². The molecule has 0 heterocycles. The summed E-state index contributed by atoms with van der Waals surface area (Å²) in [5, 5.41) is 12.3. The van der Waals surface area contributed by atoms with E-state index < -0.39 is 17.5 Å². The van der Waals surface area contributed by atoms with Gasteiger partial charge in [-0.15, -0.1) is 0 Å². The molecule has 0 unspecified atom stereocenters. The van der Waals surface area contributed by atoms with Crippen LogP contribution in [0.4, 0.5) is 15.8 Å². The first-order valence-electron chi connectivity index (χ1n) is 5.33. The summed E-state index contributed by atoms with van der Waals surface area (Å²) in [6, 6.07) is 7.88. The molecule has 0 fully saturated rings. The molecule has 0 saturated heterocycles. The third-order valence-electron chi connectivity index (χ3n) is 2.49. The fraction of sp³-hybridized carbons (Fsp3) is 0. The Morgan fingerprint density at radius 3 is 2.68 bits per heavy atom. The van der Waals surface area contributed by atoms with Crippen molar-refractivity contribution in [3.05, 3.63) is 52.8 Å². The van der Waals surface area contributed by atoms with Crippen molar-refractivity contribution in [2.24, 2.45) is 0 Å². The lowest BCUT2D eigenvalue weighted by atomic mass is 10.1. The van der Waals surface area contributed by atoms with Crippen LogP contribution in [0.15, 0.2) is 36.4 Å². The summed E-state index contributed by atoms with van der Waals surface area (Å²) in [5.41, 5.74) is 6.16. The minimum Gasteiger partial charge on any atom is -0.507 e. The normalized spacial score (nSPS) is 10.2. The van der Waals surface area contributed by atoms with Gasteiger partial charge in [-0.2, -0.15) is 0 Å². The number of hydrogen-bond donors (Lipinski definition) is 3. The molecule has 2 rings (SSSR count). The largest absolute Gasteiger partial charge is 0.507 e. The van der Waals surface area contributed by atoms with E-state index in [1.807, 2.05) is 0 Å². The van der Waals surface area contributed by atoms with Crippen molar-refractivity contribution < 1.29 is 14.3 Å². The number of aromatic hydroxyl groups is 1. The van der Waals surface area contributed by atoms with Gasteiger partial charge in [0.1, 0.15) is 11.6 Å². The number of anilines is 2. The summed E-state index contributed by atoms with van der Waals surface area (Å²) in [6.07, 6.45) is 0. The minimum atomic E-state index is -0.633. The van der Waals surface area contributed by atoms with Gasteiger partial charge in [0.25, 0.3) is 5.91 Å². The van der Waals surface area contributed by atoms with Gasteiger partial charge in [-0.3, -0.25) is 4.79 Å². The Labute approximate surface area is 113 Å². The predicted molar refractivity (Wildman–Crippen MR) is 71.9 cm³/mol. The molecule has 6 heteroatoms. The van der Waals surface area contributed by atoms with E-state index in [4.69, 9.17) is 17.3 Å². The summed E-state index contributed by atoms with van der Waals surface area (Å²) in [5.74, 6) is -1.72. The van der Waals surface area contributed by atoms with Crippen molar-refractivity contribution in [3.63, 3.8) is 0 Å². The molecule has 0 spiro atoms. The Hall–Kier alpha value is -2.27. The number of nitrogens with one attached hydrogen (secondary N) is 1. The molecule has 0 aromatic heterocycles. The van der Waals surface area contributed by atoms with Gasteiger partial charge in [-0.05, 0) is 24.3 Å². The zero-order valence-electron chi connectivity index (χ0n) is 9.65. The van der Waals surface area contributed by atoms with Crippen LogP contribution in [0.5, 0.6) is 5.75 Å². The van der Waals surface area contributed by atoms with Crippen LogP contribution in [0, 0.1) is 5.82 Å². The van der Waals surface area contributed by atoms with Gasteiger partial charge in [-0.1, -0.05) is 17.7 Å². The summed E-state index contributed by atoms with van der Waals surface area (Å²) >= 11 is 5.91. The van der Waals surface area contributed by atoms with E-state index in [1.54, 1.807) is 18.2 Å². The molecule has 0 atom stereocenters. The summed E-state index contributed by atoms with van der Waals surface area (Å²) in [6.45, 7) is 0. The number of nitrogen functional groups attached to an aromatic ring is 1. The number of para-hydroxylation sites is 1. The number of phenolic OH excluding ortho intramolecular Hbond substituents is 1. The van der Waals surface area contributed by atoms with E-state index in [0.717, 1.165) is 12.1 Å². The second kappa shape index (κ2) is 5.16. The smallest absolute Gasteiger partial charge is 0.259 e. The average molecular weight is 281 g/mol. The fourth-order valence-corrected chi connectivity index (χ4v) is 1.78. The maximum Gasteiger partial charge on any atom is 0.259 e. The quantitative estimate of drug-likeness (QED) is 0.740. The first kappa shape index (κ1) is 13.2. The number of rotatable bonds is 2. The third-order valence-corrected chi connectivity index (χ3v) is 2.80. The van der Waals surface area contributed by atoms with E-state index in [0.29, 0.717) is 5.69 Å². The molecule has 0 aliphatic carbocycles. The van der Waals surface area contributed by atoms with Crippen LogP contribution in [0.1, 0.15) is 10.4 Å². The Balaban J connectivity index is 2.31. The SMILES string of the molecule is Nc1cccc(Cl)c1NC(=O)c1ccc(F)cc1O. The lowest BCUT2D eigenvalue weighted by Crippen LogP contribution is -2.13. The third kappa shape index (κ3) is 2.77. The van der Waals surface area contributed by atoms with Gasteiger partial charge in [0.15, 0.2) is 0 Å². The van der Waals surface area contributed by atoms with E-state index in [1.165, 1.54) is 6.07 Å². The van der Waals surface area contributed by atoms with Crippen LogP contribution in [0.25, 0.3) is 0 Å². The van der Waals surface area contributed by atoms with Crippen LogP contribution in [-0.2, 0) is 0 Å². The molecule has 98 valence electrons. The van der Waals surface area contributed by atoms with Crippen LogP contribution in [0.2, 0.25) is 5.02 Å². The number of hydrogen-bond acceptors (Lipinski definition) is 3. The second-order valence-corrected chi connectivity index (χ2v) is 4.23. The van der Waals surface area contributed by atoms with Gasteiger partial charge in [-0.25, -0.2) is 4.39 Å². The average Bonchev–Trinajstić information content (AvgIpc) is 2.33. The van der Waals surface area contributed by atoms with E-state index in [-0.39, 0.29) is 16.3 Å². The maximum atomic E-state index is 12.8. The summed E-state index contributed by atoms with van der Waals surface area (Å²) in [7, 11) is 0. The number of carbonyl (C=O) groups is 1. The van der Waals surface area contributed by atoms with Gasteiger partial charge in [0.05, 0.1) is 22.0 Å². The first-order chi connectivity index (χ1) is 8.99. The van der Waals surface area contributed by atoms with Crippen molar-refractivity contribution in [1.29, 1.82) is 0 Å². The Bertz CT molecular complexity index is 626. The van der Waals surface area contributed by atoms with Crippen LogP contribution in [-0.4, -0.2) is 11.0 Å². The molecule has 0 aliphatic rings. The predicted octanol–water partition coefficient (Wildman–Crippen LogP) is 3.02. The molecule has 4 N–H and O–H groups in total. The van der Waals surface area contributed by atoms with Crippen molar-refractivity contribution in [1.82, 2.24) is 0 Å². The highest BCUT2D eigenvalue weighted by Crippen LogP contribution is 2.29. The van der Waals surface area contributed by atoms with Crippen molar-refractivity contribution >= 4 is 28.9 Å². The number of benzene rings is 2. The number of nitrogens with two attached hydrogens (primary N) is 1. The molecule has 0 aliphatic heterocycles. The Morgan fingerprint density at radius 2 is 2.05 bits per heavy atom. The number of carbonyl (C=O) groups excluding carboxylic acids is 1. The molecule has 19 heavy (non-hydrogen) atoms. The minimum absolute atomic E-state index is 0.0688. The number of amides is 1. The summed E-state index contributed by atoms with van der Waals surface area (Å²) in [4.78, 5) is 11.9. The Kier molecular flexibility index (Phi) is 3.57. The van der Waals surface area contributed by atoms with Crippen LogP contribution >= 0.6 is 11.6 Å². The lowest BCUT2D eigenvalue weighted by molar-refractivity contribution is 0.102. The lowest BCUT2D eigenvalue weighted by Gasteiger charge is -2.10. The molecular weight excluding hydrogens is 271 g/mol. The van der Waals surface area contributed by atoms with Crippen LogP contribution < -0.4 is 11.1 Å². The molecular formula is C13H10ClFN2O2. The molecule has 2 aromatic carbocycles. The maximum absolute atomic E-state index is 12.8. The highest BCUT2D eigenvalue weighted by molar-refractivity contribution is 6.34. The van der Waals surface area contributed by atoms with E-state index in [2.05, 4.69) is 5.32 Å². The molecule has 2 aromatic rings. The van der Waals surface area contributed by atoms with E-state index >= 15 is 0 Å². The van der Waals surface area contributed by atoms with Crippen molar-refractivity contribution in [2.75, 3.05) is 11.1 Å². The standard InChI is InChI=1S/C13H10ClFN2O2/c14-9-2-1-3-10(16)12(9)17-13(19)8-5-4-7(15)6-11(8)18/h1-6,18H,16H2,(H,17,19). The Morgan fingerprint density at radius 1 is 1.32 bits per heavy atom. The monoisotopic (exact) mass is 280 g/mol. The second-order valence-electron chi connectivity index (χ2n) is 3.82. The number of halogens is 2. The fourth-order valence-electron chi connectivity index (χ4n) is 1.55. The van der Waals surface area contributed by atoms with Gasteiger partial charge in [0, 0.05) is 6.07 Å². The molecule has 0 radical (unpaired) electrons. The van der Waals surface area contributed by atoms with Gasteiger partial charge in [0.2, 0.25) is 0 Å². The molecule has 0 bridgehead atoms. The van der Waals surface area contributed by atoms with Gasteiger partial charge >= 0.3 is 0 Å². The van der Waals surface area contributed by atoms with Crippen molar-refractivity contribution in [3.8, 4) is 5.75 Å². The zero-order chi connectivity index (χ0) is 14.0. The van der Waals surface area contributed by atoms with Crippen molar-refractivity contribution in [2.45, 2.75) is 0 Å². The molecule has 1 amide bonds.